The number of anilines is 1. The Labute approximate surface area is 140 Å². The van der Waals surface area contributed by atoms with E-state index in [1.54, 1.807) is 31.3 Å². The second kappa shape index (κ2) is 6.24. The van der Waals surface area contributed by atoms with Gasteiger partial charge in [-0.3, -0.25) is 4.98 Å². The maximum absolute atomic E-state index is 13.6. The van der Waals surface area contributed by atoms with Crippen molar-refractivity contribution < 1.29 is 4.39 Å². The van der Waals surface area contributed by atoms with Crippen molar-refractivity contribution in [2.24, 2.45) is 0 Å². The van der Waals surface area contributed by atoms with Crippen molar-refractivity contribution in [3.05, 3.63) is 71.2 Å². The molecular formula is C20H18FN3. The van der Waals surface area contributed by atoms with Crippen LogP contribution in [0.15, 0.2) is 48.7 Å². The first-order chi connectivity index (χ1) is 11.5. The molecule has 3 rings (SSSR count). The summed E-state index contributed by atoms with van der Waals surface area (Å²) in [6, 6.07) is 12.6. The van der Waals surface area contributed by atoms with E-state index in [2.05, 4.69) is 4.98 Å². The molecule has 24 heavy (non-hydrogen) atoms. The Morgan fingerprint density at radius 2 is 1.79 bits per heavy atom. The van der Waals surface area contributed by atoms with Gasteiger partial charge in [0.2, 0.25) is 0 Å². The molecule has 120 valence electrons. The van der Waals surface area contributed by atoms with Gasteiger partial charge in [0.05, 0.1) is 5.69 Å². The van der Waals surface area contributed by atoms with Crippen LogP contribution in [0.3, 0.4) is 0 Å². The van der Waals surface area contributed by atoms with Gasteiger partial charge in [-0.1, -0.05) is 6.07 Å². The highest BCUT2D eigenvalue weighted by Gasteiger charge is 2.12. The average Bonchev–Trinajstić information content (AvgIpc) is 2.58. The first-order valence-corrected chi connectivity index (χ1v) is 7.63. The van der Waals surface area contributed by atoms with E-state index in [9.17, 15) is 4.39 Å². The summed E-state index contributed by atoms with van der Waals surface area (Å²) in [4.78, 5) is 4.56. The standard InChI is InChI=1S/C20H18FN3/c1-12-7-17(14-4-6-19(23)16(9-14)10-22)20(24-11-12)15-3-5-18(21)13(2)8-15/h3-11,22H,23H2,1-2H3. The lowest BCUT2D eigenvalue weighted by molar-refractivity contribution is 0.619. The normalized spacial score (nSPS) is 10.6. The molecule has 2 aromatic carbocycles. The van der Waals surface area contributed by atoms with E-state index < -0.39 is 0 Å². The summed E-state index contributed by atoms with van der Waals surface area (Å²) in [5, 5.41) is 7.49. The van der Waals surface area contributed by atoms with Crippen LogP contribution in [0.25, 0.3) is 22.4 Å². The lowest BCUT2D eigenvalue weighted by Gasteiger charge is -2.12. The van der Waals surface area contributed by atoms with Gasteiger partial charge in [-0.15, -0.1) is 0 Å². The monoisotopic (exact) mass is 319 g/mol. The van der Waals surface area contributed by atoms with E-state index in [0.29, 0.717) is 16.8 Å². The third kappa shape index (κ3) is 2.91. The van der Waals surface area contributed by atoms with Crippen LogP contribution in [0.4, 0.5) is 10.1 Å². The lowest BCUT2D eigenvalue weighted by Crippen LogP contribution is -1.96. The fraction of sp³-hybridized carbons (Fsp3) is 0.100. The first-order valence-electron chi connectivity index (χ1n) is 7.63. The van der Waals surface area contributed by atoms with Gasteiger partial charge >= 0.3 is 0 Å². The highest BCUT2D eigenvalue weighted by atomic mass is 19.1. The number of hydrogen-bond donors (Lipinski definition) is 2. The predicted molar refractivity (Wildman–Crippen MR) is 96.8 cm³/mol. The highest BCUT2D eigenvalue weighted by molar-refractivity contribution is 5.90. The van der Waals surface area contributed by atoms with Gasteiger partial charge in [0, 0.05) is 34.8 Å². The number of aryl methyl sites for hydroxylation is 2. The quantitative estimate of drug-likeness (QED) is 0.540. The summed E-state index contributed by atoms with van der Waals surface area (Å²) in [5.74, 6) is -0.231. The zero-order valence-electron chi connectivity index (χ0n) is 13.6. The Morgan fingerprint density at radius 1 is 1.04 bits per heavy atom. The molecule has 0 fully saturated rings. The molecule has 0 aliphatic rings. The zero-order valence-corrected chi connectivity index (χ0v) is 13.6. The third-order valence-electron chi connectivity index (χ3n) is 4.01. The Balaban J connectivity index is 2.22. The van der Waals surface area contributed by atoms with Gasteiger partial charge in [-0.05, 0) is 66.9 Å². The molecule has 0 saturated carbocycles. The van der Waals surface area contributed by atoms with Gasteiger partial charge in [0.25, 0.3) is 0 Å². The van der Waals surface area contributed by atoms with Crippen LogP contribution in [-0.4, -0.2) is 11.2 Å². The van der Waals surface area contributed by atoms with Crippen molar-refractivity contribution in [3.63, 3.8) is 0 Å². The van der Waals surface area contributed by atoms with Crippen LogP contribution in [0, 0.1) is 25.1 Å². The molecule has 3 aromatic rings. The minimum atomic E-state index is -0.231. The Morgan fingerprint density at radius 3 is 2.50 bits per heavy atom. The smallest absolute Gasteiger partial charge is 0.126 e. The number of nitrogens with two attached hydrogens (primary N) is 1. The van der Waals surface area contributed by atoms with Crippen LogP contribution in [0.2, 0.25) is 0 Å². The second-order valence-corrected chi connectivity index (χ2v) is 5.86. The predicted octanol–water partition coefficient (Wildman–Crippen LogP) is 4.75. The molecule has 0 unspecified atom stereocenters. The number of halogens is 1. The molecule has 0 aliphatic heterocycles. The number of rotatable bonds is 3. The summed E-state index contributed by atoms with van der Waals surface area (Å²) in [7, 11) is 0. The van der Waals surface area contributed by atoms with Gasteiger partial charge < -0.3 is 11.1 Å². The number of nitrogen functional groups attached to an aromatic ring is 1. The van der Waals surface area contributed by atoms with Crippen LogP contribution in [-0.2, 0) is 0 Å². The number of hydrogen-bond acceptors (Lipinski definition) is 3. The minimum Gasteiger partial charge on any atom is -0.398 e. The number of pyridine rings is 1. The molecule has 1 heterocycles. The molecule has 0 atom stereocenters. The summed E-state index contributed by atoms with van der Waals surface area (Å²) >= 11 is 0. The third-order valence-corrected chi connectivity index (χ3v) is 4.01. The minimum absolute atomic E-state index is 0.231. The highest BCUT2D eigenvalue weighted by Crippen LogP contribution is 2.33. The lowest BCUT2D eigenvalue weighted by atomic mass is 9.95. The number of nitrogens with zero attached hydrogens (tertiary/aromatic N) is 1. The van der Waals surface area contributed by atoms with Gasteiger partial charge in [-0.2, -0.15) is 0 Å². The molecule has 0 spiro atoms. The Bertz CT molecular complexity index is 932. The van der Waals surface area contributed by atoms with Crippen LogP contribution < -0.4 is 5.73 Å². The van der Waals surface area contributed by atoms with Crippen molar-refractivity contribution in [1.82, 2.24) is 4.98 Å². The molecule has 1 aromatic heterocycles. The van der Waals surface area contributed by atoms with Crippen molar-refractivity contribution in [2.75, 3.05) is 5.73 Å². The van der Waals surface area contributed by atoms with E-state index in [1.165, 1.54) is 12.3 Å². The maximum Gasteiger partial charge on any atom is 0.126 e. The van der Waals surface area contributed by atoms with E-state index in [4.69, 9.17) is 11.1 Å². The summed E-state index contributed by atoms with van der Waals surface area (Å²) in [6.07, 6.45) is 3.04. The van der Waals surface area contributed by atoms with Crippen molar-refractivity contribution >= 4 is 11.9 Å². The summed E-state index contributed by atoms with van der Waals surface area (Å²) in [6.45, 7) is 3.72. The molecular weight excluding hydrogens is 301 g/mol. The number of nitrogens with one attached hydrogen (secondary N) is 1. The molecule has 0 aliphatic carbocycles. The van der Waals surface area contributed by atoms with Crippen LogP contribution >= 0.6 is 0 Å². The van der Waals surface area contributed by atoms with Crippen molar-refractivity contribution in [2.45, 2.75) is 13.8 Å². The van der Waals surface area contributed by atoms with Crippen molar-refractivity contribution in [3.8, 4) is 22.4 Å². The Kier molecular flexibility index (Phi) is 4.13. The summed E-state index contributed by atoms with van der Waals surface area (Å²) < 4.78 is 13.6. The van der Waals surface area contributed by atoms with Crippen LogP contribution in [0.1, 0.15) is 16.7 Å². The largest absolute Gasteiger partial charge is 0.398 e. The molecule has 0 bridgehead atoms. The van der Waals surface area contributed by atoms with E-state index in [-0.39, 0.29) is 5.82 Å². The number of benzene rings is 2. The molecule has 0 saturated heterocycles. The van der Waals surface area contributed by atoms with Gasteiger partial charge in [0.1, 0.15) is 5.82 Å². The van der Waals surface area contributed by atoms with Crippen LogP contribution in [0.5, 0.6) is 0 Å². The SMILES string of the molecule is Cc1cnc(-c2ccc(F)c(C)c2)c(-c2ccc(N)c(C=N)c2)c1. The molecule has 0 amide bonds. The van der Waals surface area contributed by atoms with E-state index in [1.807, 2.05) is 25.1 Å². The zero-order chi connectivity index (χ0) is 17.3. The number of aromatic nitrogens is 1. The first kappa shape index (κ1) is 15.9. The molecule has 3 nitrogen and oxygen atoms in total. The van der Waals surface area contributed by atoms with E-state index in [0.717, 1.165) is 27.9 Å². The van der Waals surface area contributed by atoms with Crippen molar-refractivity contribution in [1.29, 1.82) is 5.41 Å². The Hall–Kier alpha value is -3.01. The summed E-state index contributed by atoms with van der Waals surface area (Å²) in [5.41, 5.74) is 12.2. The average molecular weight is 319 g/mol. The maximum atomic E-state index is 13.6. The molecule has 4 heteroatoms. The molecule has 3 N–H and O–H groups in total. The van der Waals surface area contributed by atoms with E-state index >= 15 is 0 Å². The molecule has 0 radical (unpaired) electrons. The fourth-order valence-corrected chi connectivity index (χ4v) is 2.68. The second-order valence-electron chi connectivity index (χ2n) is 5.86. The van der Waals surface area contributed by atoms with Gasteiger partial charge in [0.15, 0.2) is 0 Å². The fourth-order valence-electron chi connectivity index (χ4n) is 2.68. The van der Waals surface area contributed by atoms with Gasteiger partial charge in [-0.25, -0.2) is 4.39 Å². The topological polar surface area (TPSA) is 62.8 Å².